The number of alkyl halides is 3. The summed E-state index contributed by atoms with van der Waals surface area (Å²) in [6, 6.07) is 4.43. The van der Waals surface area contributed by atoms with Gasteiger partial charge in [-0.05, 0) is 36.5 Å². The maximum absolute atomic E-state index is 13.2. The summed E-state index contributed by atoms with van der Waals surface area (Å²) in [5.74, 6) is -1.34. The van der Waals surface area contributed by atoms with Crippen LogP contribution in [0.5, 0.6) is 0 Å². The number of allylic oxidation sites excluding steroid dienone is 1. The highest BCUT2D eigenvalue weighted by Gasteiger charge is 2.45. The predicted octanol–water partition coefficient (Wildman–Crippen LogP) is 4.81. The number of H-pyrrole nitrogens is 1. The predicted molar refractivity (Wildman–Crippen MR) is 113 cm³/mol. The first kappa shape index (κ1) is 22.4. The third kappa shape index (κ3) is 4.99. The number of amides is 1. The lowest BCUT2D eigenvalue weighted by Crippen LogP contribution is -2.41. The second kappa shape index (κ2) is 9.37. The van der Waals surface area contributed by atoms with E-state index in [-0.39, 0.29) is 22.5 Å². The summed E-state index contributed by atoms with van der Waals surface area (Å²) in [5.41, 5.74) is 0.925. The highest BCUT2D eigenvalue weighted by molar-refractivity contribution is 7.13. The number of thiazole rings is 1. The lowest BCUT2D eigenvalue weighted by molar-refractivity contribution is -0.680. The standard InChI is InChI=1S/C20H18ClF3N6OS/c21-15-11-13(6-7-16(15)30-18(20(22,23)24)27-28-29-30)14(10-12-4-2-1-3-5-12)17(31)26-19-25-8-9-32-19/h6-12H,1-5H2,(H,25,26,31)/p+1/b14-10+. The minimum atomic E-state index is -4.71. The van der Waals surface area contributed by atoms with Crippen molar-refractivity contribution in [1.82, 2.24) is 20.5 Å². The molecule has 0 spiro atoms. The second-order valence-corrected chi connectivity index (χ2v) is 8.69. The van der Waals surface area contributed by atoms with Crippen LogP contribution < -0.4 is 10.00 Å². The van der Waals surface area contributed by atoms with Crippen LogP contribution in [-0.4, -0.2) is 26.4 Å². The number of aromatic nitrogens is 5. The van der Waals surface area contributed by atoms with Gasteiger partial charge < -0.3 is 0 Å². The van der Waals surface area contributed by atoms with Crippen molar-refractivity contribution in [3.8, 4) is 5.69 Å². The first-order valence-electron chi connectivity index (χ1n) is 9.96. The van der Waals surface area contributed by atoms with E-state index in [4.69, 9.17) is 11.6 Å². The van der Waals surface area contributed by atoms with Gasteiger partial charge in [0.05, 0.1) is 5.02 Å². The fraction of sp³-hybridized carbons (Fsp3) is 0.350. The Labute approximate surface area is 190 Å². The van der Waals surface area contributed by atoms with Crippen LogP contribution in [-0.2, 0) is 11.0 Å². The quantitative estimate of drug-likeness (QED) is 0.402. The normalized spacial score (nSPS) is 15.7. The number of aromatic amines is 1. The summed E-state index contributed by atoms with van der Waals surface area (Å²) in [4.78, 5) is 17.1. The van der Waals surface area contributed by atoms with Crippen molar-refractivity contribution in [1.29, 1.82) is 0 Å². The molecule has 32 heavy (non-hydrogen) atoms. The summed E-state index contributed by atoms with van der Waals surface area (Å²) in [5, 5.41) is 13.5. The summed E-state index contributed by atoms with van der Waals surface area (Å²) >= 11 is 7.64. The summed E-state index contributed by atoms with van der Waals surface area (Å²) in [6.07, 6.45) is 4.10. The van der Waals surface area contributed by atoms with E-state index in [9.17, 15) is 18.0 Å². The zero-order valence-corrected chi connectivity index (χ0v) is 18.3. The molecular formula is C20H19ClF3N6OS+. The third-order valence-corrected chi connectivity index (χ3v) is 6.20. The van der Waals surface area contributed by atoms with Gasteiger partial charge in [-0.3, -0.25) is 10.1 Å². The average molecular weight is 484 g/mol. The molecule has 2 aromatic heterocycles. The number of tetrazole rings is 1. The molecule has 1 aromatic carbocycles. The van der Waals surface area contributed by atoms with E-state index in [0.717, 1.165) is 25.7 Å². The van der Waals surface area contributed by atoms with Gasteiger partial charge in [-0.1, -0.05) is 48.2 Å². The van der Waals surface area contributed by atoms with Crippen LogP contribution in [0.15, 0.2) is 35.9 Å². The zero-order valence-electron chi connectivity index (χ0n) is 16.7. The van der Waals surface area contributed by atoms with E-state index in [2.05, 4.69) is 25.8 Å². The number of carbonyl (C=O) groups is 1. The molecule has 1 fully saturated rings. The van der Waals surface area contributed by atoms with Gasteiger partial charge in [0.25, 0.3) is 5.91 Å². The fourth-order valence-electron chi connectivity index (χ4n) is 3.70. The van der Waals surface area contributed by atoms with E-state index in [0.29, 0.717) is 20.9 Å². The van der Waals surface area contributed by atoms with Crippen LogP contribution in [0, 0.1) is 5.92 Å². The fourth-order valence-corrected chi connectivity index (χ4v) is 4.49. The van der Waals surface area contributed by atoms with Crippen LogP contribution in [0.25, 0.3) is 11.3 Å². The largest absolute Gasteiger partial charge is 0.488 e. The number of nitrogens with one attached hydrogen (secondary N) is 2. The Hall–Kier alpha value is -2.79. The summed E-state index contributed by atoms with van der Waals surface area (Å²) in [6.45, 7) is 0. The molecule has 4 rings (SSSR count). The molecule has 1 amide bonds. The Morgan fingerprint density at radius 1 is 1.28 bits per heavy atom. The monoisotopic (exact) mass is 483 g/mol. The van der Waals surface area contributed by atoms with E-state index >= 15 is 0 Å². The molecule has 0 radical (unpaired) electrons. The molecule has 3 aromatic rings. The molecule has 0 unspecified atom stereocenters. The zero-order chi connectivity index (χ0) is 22.7. The average Bonchev–Trinajstić information content (AvgIpc) is 3.44. The first-order valence-corrected chi connectivity index (χ1v) is 11.2. The summed E-state index contributed by atoms with van der Waals surface area (Å²) in [7, 11) is 0. The van der Waals surface area contributed by atoms with Crippen LogP contribution in [0.2, 0.25) is 5.02 Å². The van der Waals surface area contributed by atoms with Crippen molar-refractivity contribution in [2.75, 3.05) is 5.32 Å². The maximum atomic E-state index is 13.2. The number of anilines is 1. The van der Waals surface area contributed by atoms with Crippen molar-refractivity contribution >= 4 is 39.5 Å². The Morgan fingerprint density at radius 3 is 2.72 bits per heavy atom. The van der Waals surface area contributed by atoms with Crippen LogP contribution >= 0.6 is 22.9 Å². The number of hydrogen-bond acceptors (Lipinski definition) is 5. The van der Waals surface area contributed by atoms with Gasteiger partial charge in [-0.2, -0.15) is 13.2 Å². The van der Waals surface area contributed by atoms with Gasteiger partial charge in [0.1, 0.15) is 10.8 Å². The van der Waals surface area contributed by atoms with E-state index in [1.54, 1.807) is 17.6 Å². The molecule has 1 aliphatic carbocycles. The maximum Gasteiger partial charge on any atom is 0.488 e. The summed E-state index contributed by atoms with van der Waals surface area (Å²) < 4.78 is 40.3. The van der Waals surface area contributed by atoms with Gasteiger partial charge >= 0.3 is 12.0 Å². The lowest BCUT2D eigenvalue weighted by atomic mass is 9.86. The third-order valence-electron chi connectivity index (χ3n) is 5.20. The number of rotatable bonds is 5. The van der Waals surface area contributed by atoms with Gasteiger partial charge in [-0.15, -0.1) is 16.0 Å². The van der Waals surface area contributed by atoms with Gasteiger partial charge in [0.15, 0.2) is 10.3 Å². The Kier molecular flexibility index (Phi) is 6.56. The molecule has 0 bridgehead atoms. The van der Waals surface area contributed by atoms with Crippen molar-refractivity contribution in [2.24, 2.45) is 5.92 Å². The van der Waals surface area contributed by atoms with Crippen molar-refractivity contribution in [3.63, 3.8) is 0 Å². The SMILES string of the molecule is O=C(Nc1nccs1)/C(=C/C1CCCCC1)c1ccc(-[n+]2[nH]nnc2C(F)(F)F)c(Cl)c1. The van der Waals surface area contributed by atoms with Crippen molar-refractivity contribution in [2.45, 2.75) is 38.3 Å². The molecule has 2 N–H and O–H groups in total. The van der Waals surface area contributed by atoms with Gasteiger partial charge in [0, 0.05) is 17.2 Å². The molecule has 168 valence electrons. The first-order chi connectivity index (χ1) is 15.3. The number of hydrogen-bond donors (Lipinski definition) is 2. The molecule has 1 saturated carbocycles. The van der Waals surface area contributed by atoms with Crippen molar-refractivity contribution < 1.29 is 22.6 Å². The van der Waals surface area contributed by atoms with E-state index in [1.807, 2.05) is 6.08 Å². The Morgan fingerprint density at radius 2 is 2.06 bits per heavy atom. The molecule has 7 nitrogen and oxygen atoms in total. The molecule has 0 aliphatic heterocycles. The molecule has 0 saturated heterocycles. The van der Waals surface area contributed by atoms with E-state index in [1.165, 1.54) is 29.9 Å². The minimum absolute atomic E-state index is 0.0145. The number of benzene rings is 1. The molecule has 0 atom stereocenters. The minimum Gasteiger partial charge on any atom is -0.298 e. The van der Waals surface area contributed by atoms with E-state index < -0.39 is 12.0 Å². The highest BCUT2D eigenvalue weighted by Crippen LogP contribution is 2.31. The number of carbonyl (C=O) groups excluding carboxylic acids is 1. The Bertz CT molecular complexity index is 1120. The second-order valence-electron chi connectivity index (χ2n) is 7.39. The lowest BCUT2D eigenvalue weighted by Gasteiger charge is -2.20. The smallest absolute Gasteiger partial charge is 0.298 e. The van der Waals surface area contributed by atoms with Crippen molar-refractivity contribution in [3.05, 3.63) is 52.3 Å². The van der Waals surface area contributed by atoms with Gasteiger partial charge in [-0.25, -0.2) is 4.98 Å². The number of halogens is 4. The highest BCUT2D eigenvalue weighted by atomic mass is 35.5. The number of nitrogens with zero attached hydrogens (tertiary/aromatic N) is 4. The Balaban J connectivity index is 1.70. The van der Waals surface area contributed by atoms with Gasteiger partial charge in [0.2, 0.25) is 0 Å². The van der Waals surface area contributed by atoms with Crippen LogP contribution in [0.1, 0.15) is 43.5 Å². The molecule has 2 heterocycles. The molecule has 1 aliphatic rings. The topological polar surface area (TPSA) is 87.4 Å². The molecule has 12 heteroatoms. The van der Waals surface area contributed by atoms with Crippen LogP contribution in [0.4, 0.5) is 18.3 Å². The molecular weight excluding hydrogens is 465 g/mol. The van der Waals surface area contributed by atoms with Crippen LogP contribution in [0.3, 0.4) is 0 Å².